The number of rotatable bonds is 5. The molecular weight excluding hydrogens is 388 g/mol. The highest BCUT2D eigenvalue weighted by Crippen LogP contribution is 2.23. The molecule has 25 heavy (non-hydrogen) atoms. The number of nitrogens with one attached hydrogen (secondary N) is 1. The largest absolute Gasteiger partial charge is 0.313 e. The van der Waals surface area contributed by atoms with Crippen LogP contribution in [0.3, 0.4) is 0 Å². The van der Waals surface area contributed by atoms with E-state index < -0.39 is 0 Å². The lowest BCUT2D eigenvalue weighted by atomic mass is 10.1. The number of carbonyl (C=O) groups is 3. The number of hydrogen-bond acceptors (Lipinski definition) is 6. The molecule has 0 fully saturated rings. The number of imide groups is 1. The summed E-state index contributed by atoms with van der Waals surface area (Å²) < 4.78 is 0.652. The molecule has 2 amide bonds. The standard InChI is InChI=1S/C17H13BrN4O3/c1-19-21-14(13-6-10(18)7-20-15(13)9-23)8-22-16(24)11-4-2-3-5-12(11)17(22)25/h2-7,9,19H,8H2,1H3/b21-14-. The summed E-state index contributed by atoms with van der Waals surface area (Å²) in [6, 6.07) is 8.31. The Bertz CT molecular complexity index is 876. The van der Waals surface area contributed by atoms with Crippen LogP contribution in [0.5, 0.6) is 0 Å². The molecule has 0 aliphatic carbocycles. The van der Waals surface area contributed by atoms with Crippen LogP contribution in [0.15, 0.2) is 46.1 Å². The molecule has 0 bridgehead atoms. The Morgan fingerprint density at radius 1 is 1.28 bits per heavy atom. The van der Waals surface area contributed by atoms with E-state index in [0.29, 0.717) is 33.2 Å². The summed E-state index contributed by atoms with van der Waals surface area (Å²) in [6.07, 6.45) is 2.10. The normalized spacial score (nSPS) is 13.8. The molecule has 0 spiro atoms. The number of hydrogen-bond donors (Lipinski definition) is 1. The molecule has 1 aliphatic rings. The van der Waals surface area contributed by atoms with Crippen LogP contribution >= 0.6 is 15.9 Å². The van der Waals surface area contributed by atoms with Gasteiger partial charge in [-0.05, 0) is 34.1 Å². The third-order valence-electron chi connectivity index (χ3n) is 3.74. The van der Waals surface area contributed by atoms with E-state index in [1.54, 1.807) is 37.4 Å². The maximum absolute atomic E-state index is 12.5. The Kier molecular flexibility index (Phi) is 4.71. The van der Waals surface area contributed by atoms with Crippen LogP contribution in [-0.2, 0) is 0 Å². The fourth-order valence-corrected chi connectivity index (χ4v) is 2.95. The number of fused-ring (bicyclic) bond motifs is 1. The maximum atomic E-state index is 12.5. The van der Waals surface area contributed by atoms with E-state index in [0.717, 1.165) is 4.90 Å². The molecule has 0 atom stereocenters. The first-order valence-corrected chi connectivity index (χ1v) is 8.15. The molecule has 1 aromatic heterocycles. The van der Waals surface area contributed by atoms with E-state index in [9.17, 15) is 14.4 Å². The number of carbonyl (C=O) groups excluding carboxylic acids is 3. The highest BCUT2D eigenvalue weighted by molar-refractivity contribution is 9.10. The first kappa shape index (κ1) is 17.0. The molecule has 1 N–H and O–H groups in total. The van der Waals surface area contributed by atoms with Crippen molar-refractivity contribution in [3.63, 3.8) is 0 Å². The zero-order valence-corrected chi connectivity index (χ0v) is 14.8. The third-order valence-corrected chi connectivity index (χ3v) is 4.17. The van der Waals surface area contributed by atoms with Crippen molar-refractivity contribution in [2.75, 3.05) is 13.6 Å². The van der Waals surface area contributed by atoms with Crippen LogP contribution in [0.2, 0.25) is 0 Å². The molecular formula is C17H13BrN4O3. The number of aromatic nitrogens is 1. The summed E-state index contributed by atoms with van der Waals surface area (Å²) in [7, 11) is 1.59. The summed E-state index contributed by atoms with van der Waals surface area (Å²) in [5, 5.41) is 4.14. The second-order valence-electron chi connectivity index (χ2n) is 5.23. The molecule has 1 aliphatic heterocycles. The van der Waals surface area contributed by atoms with Crippen LogP contribution in [0.1, 0.15) is 36.8 Å². The van der Waals surface area contributed by atoms with Crippen LogP contribution in [0.25, 0.3) is 0 Å². The van der Waals surface area contributed by atoms with Gasteiger partial charge in [-0.2, -0.15) is 5.10 Å². The van der Waals surface area contributed by atoms with Crippen molar-refractivity contribution in [3.8, 4) is 0 Å². The van der Waals surface area contributed by atoms with Crippen molar-refractivity contribution in [1.29, 1.82) is 0 Å². The predicted octanol–water partition coefficient (Wildman–Crippen LogP) is 1.88. The van der Waals surface area contributed by atoms with E-state index in [-0.39, 0.29) is 24.1 Å². The van der Waals surface area contributed by atoms with E-state index in [2.05, 4.69) is 31.4 Å². The lowest BCUT2D eigenvalue weighted by Crippen LogP contribution is -2.36. The summed E-state index contributed by atoms with van der Waals surface area (Å²) in [5.74, 6) is -0.778. The molecule has 3 rings (SSSR count). The highest BCUT2D eigenvalue weighted by atomic mass is 79.9. The second-order valence-corrected chi connectivity index (χ2v) is 6.14. The minimum atomic E-state index is -0.389. The van der Waals surface area contributed by atoms with Crippen molar-refractivity contribution in [2.24, 2.45) is 5.10 Å². The fraction of sp³-hybridized carbons (Fsp3) is 0.118. The highest BCUT2D eigenvalue weighted by Gasteiger charge is 2.36. The fourth-order valence-electron chi connectivity index (χ4n) is 2.62. The summed E-state index contributed by atoms with van der Waals surface area (Å²) in [6.45, 7) is -0.0772. The van der Waals surface area contributed by atoms with Gasteiger partial charge in [-0.1, -0.05) is 12.1 Å². The summed E-state index contributed by atoms with van der Waals surface area (Å²) >= 11 is 3.30. The molecule has 0 radical (unpaired) electrons. The van der Waals surface area contributed by atoms with E-state index >= 15 is 0 Å². The summed E-state index contributed by atoms with van der Waals surface area (Å²) in [5.41, 5.74) is 4.33. The number of hydrazone groups is 1. The lowest BCUT2D eigenvalue weighted by Gasteiger charge is -2.16. The number of nitrogens with zero attached hydrogens (tertiary/aromatic N) is 3. The van der Waals surface area contributed by atoms with E-state index in [1.807, 2.05) is 0 Å². The van der Waals surface area contributed by atoms with Gasteiger partial charge in [0.2, 0.25) is 0 Å². The van der Waals surface area contributed by atoms with Crippen molar-refractivity contribution >= 4 is 39.7 Å². The Labute approximate surface area is 151 Å². The van der Waals surface area contributed by atoms with Gasteiger partial charge in [0.05, 0.1) is 23.4 Å². The molecule has 126 valence electrons. The number of pyridine rings is 1. The predicted molar refractivity (Wildman–Crippen MR) is 94.7 cm³/mol. The van der Waals surface area contributed by atoms with Crippen molar-refractivity contribution in [3.05, 3.63) is 63.4 Å². The molecule has 0 saturated heterocycles. The van der Waals surface area contributed by atoms with Crippen LogP contribution in [-0.4, -0.2) is 47.3 Å². The first-order chi connectivity index (χ1) is 12.1. The lowest BCUT2D eigenvalue weighted by molar-refractivity contribution is 0.0677. The monoisotopic (exact) mass is 400 g/mol. The SMILES string of the molecule is CN/N=C(/CN1C(=O)c2ccccc2C1=O)c1cc(Br)cnc1C=O. The minimum absolute atomic E-state index is 0.0772. The third kappa shape index (κ3) is 3.08. The Balaban J connectivity index is 1.99. The molecule has 8 heteroatoms. The van der Waals surface area contributed by atoms with Gasteiger partial charge in [0.25, 0.3) is 11.8 Å². The van der Waals surface area contributed by atoms with Gasteiger partial charge < -0.3 is 5.43 Å². The van der Waals surface area contributed by atoms with Gasteiger partial charge in [0.15, 0.2) is 6.29 Å². The smallest absolute Gasteiger partial charge is 0.261 e. The van der Waals surface area contributed by atoms with Crippen LogP contribution in [0.4, 0.5) is 0 Å². The van der Waals surface area contributed by atoms with Crippen molar-refractivity contribution in [2.45, 2.75) is 0 Å². The number of amides is 2. The maximum Gasteiger partial charge on any atom is 0.261 e. The van der Waals surface area contributed by atoms with Gasteiger partial charge in [-0.15, -0.1) is 0 Å². The molecule has 2 heterocycles. The van der Waals surface area contributed by atoms with Crippen LogP contribution < -0.4 is 5.43 Å². The zero-order chi connectivity index (χ0) is 18.0. The minimum Gasteiger partial charge on any atom is -0.313 e. The Morgan fingerprint density at radius 2 is 1.92 bits per heavy atom. The van der Waals surface area contributed by atoms with Gasteiger partial charge in [0, 0.05) is 23.3 Å². The quantitative estimate of drug-likeness (QED) is 0.358. The number of halogens is 1. The number of aldehydes is 1. The summed E-state index contributed by atoms with van der Waals surface area (Å²) in [4.78, 5) is 41.5. The van der Waals surface area contributed by atoms with E-state index in [4.69, 9.17) is 0 Å². The number of benzene rings is 1. The van der Waals surface area contributed by atoms with E-state index in [1.165, 1.54) is 6.20 Å². The molecule has 0 saturated carbocycles. The average molecular weight is 401 g/mol. The zero-order valence-electron chi connectivity index (χ0n) is 13.2. The molecule has 0 unspecified atom stereocenters. The van der Waals surface area contributed by atoms with Crippen molar-refractivity contribution < 1.29 is 14.4 Å². The van der Waals surface area contributed by atoms with Crippen LogP contribution in [0, 0.1) is 0 Å². The topological polar surface area (TPSA) is 91.7 Å². The first-order valence-electron chi connectivity index (χ1n) is 7.36. The van der Waals surface area contributed by atoms with Gasteiger partial charge in [-0.3, -0.25) is 24.3 Å². The molecule has 2 aromatic rings. The van der Waals surface area contributed by atoms with Gasteiger partial charge in [-0.25, -0.2) is 0 Å². The molecule has 1 aromatic carbocycles. The molecule has 7 nitrogen and oxygen atoms in total. The Morgan fingerprint density at radius 3 is 2.48 bits per heavy atom. The van der Waals surface area contributed by atoms with Gasteiger partial charge >= 0.3 is 0 Å². The van der Waals surface area contributed by atoms with Crippen molar-refractivity contribution in [1.82, 2.24) is 15.3 Å². The average Bonchev–Trinajstić information content (AvgIpc) is 2.86. The second kappa shape index (κ2) is 6.94. The van der Waals surface area contributed by atoms with Gasteiger partial charge in [0.1, 0.15) is 5.69 Å². The Hall–Kier alpha value is -2.87.